The highest BCUT2D eigenvalue weighted by atomic mass is 16.1. The third-order valence-corrected chi connectivity index (χ3v) is 3.73. The van der Waals surface area contributed by atoms with E-state index in [0.717, 1.165) is 10.9 Å². The van der Waals surface area contributed by atoms with Gasteiger partial charge in [0.15, 0.2) is 0 Å². The Bertz CT molecular complexity index is 999. The van der Waals surface area contributed by atoms with Gasteiger partial charge in [0.25, 0.3) is 5.56 Å². The zero-order chi connectivity index (χ0) is 16.9. The van der Waals surface area contributed by atoms with Crippen LogP contribution in [0.3, 0.4) is 0 Å². The number of aromatic nitrogens is 1. The Balaban J connectivity index is 1.69. The number of pyridine rings is 1. The molecular formula is C19H15N3O2. The summed E-state index contributed by atoms with van der Waals surface area (Å²) in [6.45, 7) is 0. The fourth-order valence-corrected chi connectivity index (χ4v) is 2.52. The van der Waals surface area contributed by atoms with Crippen molar-refractivity contribution in [1.82, 2.24) is 4.98 Å². The van der Waals surface area contributed by atoms with Gasteiger partial charge in [-0.25, -0.2) is 0 Å². The standard InChI is InChI=1S/C19H15N3O2/c20-12-13-4-3-6-16(10-13)21-18(23)9-8-15-11-14-5-1-2-7-17(14)22-19(15)24/h1-7,10-11H,8-9H2,(H,21,23)(H,22,24). The predicted molar refractivity (Wildman–Crippen MR) is 92.7 cm³/mol. The van der Waals surface area contributed by atoms with Gasteiger partial charge >= 0.3 is 0 Å². The zero-order valence-electron chi connectivity index (χ0n) is 12.9. The van der Waals surface area contributed by atoms with E-state index in [4.69, 9.17) is 5.26 Å². The second-order valence-electron chi connectivity index (χ2n) is 5.45. The van der Waals surface area contributed by atoms with Crippen LogP contribution in [0.4, 0.5) is 5.69 Å². The summed E-state index contributed by atoms with van der Waals surface area (Å²) >= 11 is 0. The molecule has 1 heterocycles. The molecule has 5 heteroatoms. The van der Waals surface area contributed by atoms with Gasteiger partial charge in [-0.15, -0.1) is 0 Å². The number of hydrogen-bond acceptors (Lipinski definition) is 3. The number of aromatic amines is 1. The number of carbonyl (C=O) groups excluding carboxylic acids is 1. The molecule has 5 nitrogen and oxygen atoms in total. The molecule has 2 aromatic carbocycles. The Labute approximate surface area is 138 Å². The van der Waals surface area contributed by atoms with Gasteiger partial charge in [0.05, 0.1) is 11.6 Å². The first-order chi connectivity index (χ1) is 11.7. The lowest BCUT2D eigenvalue weighted by Crippen LogP contribution is -2.17. The van der Waals surface area contributed by atoms with Crippen LogP contribution in [0.25, 0.3) is 10.9 Å². The number of benzene rings is 2. The van der Waals surface area contributed by atoms with Crippen molar-refractivity contribution in [1.29, 1.82) is 5.26 Å². The Morgan fingerprint density at radius 1 is 1.12 bits per heavy atom. The molecule has 1 aromatic heterocycles. The molecule has 0 aliphatic rings. The van der Waals surface area contributed by atoms with Crippen LogP contribution in [0.1, 0.15) is 17.5 Å². The first-order valence-electron chi connectivity index (χ1n) is 7.57. The van der Waals surface area contributed by atoms with Crippen LogP contribution in [0.2, 0.25) is 0 Å². The molecular weight excluding hydrogens is 302 g/mol. The number of para-hydroxylation sites is 1. The number of rotatable bonds is 4. The maximum Gasteiger partial charge on any atom is 0.251 e. The summed E-state index contributed by atoms with van der Waals surface area (Å²) < 4.78 is 0. The van der Waals surface area contributed by atoms with Crippen molar-refractivity contribution in [3.63, 3.8) is 0 Å². The molecule has 0 atom stereocenters. The second kappa shape index (κ2) is 6.80. The van der Waals surface area contributed by atoms with E-state index in [1.165, 1.54) is 0 Å². The Morgan fingerprint density at radius 2 is 1.96 bits per heavy atom. The molecule has 0 aliphatic heterocycles. The normalized spacial score (nSPS) is 10.3. The number of aryl methyl sites for hydroxylation is 1. The third kappa shape index (κ3) is 3.50. The van der Waals surface area contributed by atoms with Crippen molar-refractivity contribution in [2.24, 2.45) is 0 Å². The SMILES string of the molecule is N#Cc1cccc(NC(=O)CCc2cc3ccccc3[nH]c2=O)c1. The maximum absolute atomic E-state index is 12.1. The third-order valence-electron chi connectivity index (χ3n) is 3.73. The summed E-state index contributed by atoms with van der Waals surface area (Å²) in [5.74, 6) is -0.197. The summed E-state index contributed by atoms with van der Waals surface area (Å²) in [5, 5.41) is 12.5. The van der Waals surface area contributed by atoms with Crippen molar-refractivity contribution in [2.75, 3.05) is 5.32 Å². The van der Waals surface area contributed by atoms with Gasteiger partial charge in [-0.2, -0.15) is 5.26 Å². The first-order valence-corrected chi connectivity index (χ1v) is 7.57. The summed E-state index contributed by atoms with van der Waals surface area (Å²) in [4.78, 5) is 26.9. The lowest BCUT2D eigenvalue weighted by molar-refractivity contribution is -0.116. The van der Waals surface area contributed by atoms with Crippen molar-refractivity contribution in [2.45, 2.75) is 12.8 Å². The summed E-state index contributed by atoms with van der Waals surface area (Å²) in [6.07, 6.45) is 0.544. The predicted octanol–water partition coefficient (Wildman–Crippen LogP) is 2.97. The quantitative estimate of drug-likeness (QED) is 0.775. The first kappa shape index (κ1) is 15.5. The number of nitrogens with zero attached hydrogens (tertiary/aromatic N) is 1. The molecule has 0 saturated heterocycles. The molecule has 0 fully saturated rings. The van der Waals surface area contributed by atoms with Crippen LogP contribution >= 0.6 is 0 Å². The van der Waals surface area contributed by atoms with Gasteiger partial charge in [0, 0.05) is 23.2 Å². The number of hydrogen-bond donors (Lipinski definition) is 2. The highest BCUT2D eigenvalue weighted by Gasteiger charge is 2.07. The van der Waals surface area contributed by atoms with E-state index >= 15 is 0 Å². The minimum absolute atomic E-state index is 0.173. The average molecular weight is 317 g/mol. The van der Waals surface area contributed by atoms with Crippen LogP contribution in [0.15, 0.2) is 59.4 Å². The highest BCUT2D eigenvalue weighted by molar-refractivity contribution is 5.91. The van der Waals surface area contributed by atoms with Gasteiger partial charge in [-0.3, -0.25) is 9.59 Å². The molecule has 3 rings (SSSR count). The van der Waals surface area contributed by atoms with E-state index in [1.54, 1.807) is 24.3 Å². The summed E-state index contributed by atoms with van der Waals surface area (Å²) in [7, 11) is 0. The number of nitriles is 1. The van der Waals surface area contributed by atoms with Gasteiger partial charge in [-0.05, 0) is 42.1 Å². The maximum atomic E-state index is 12.1. The van der Waals surface area contributed by atoms with Crippen LogP contribution < -0.4 is 10.9 Å². The molecule has 0 bridgehead atoms. The molecule has 24 heavy (non-hydrogen) atoms. The smallest absolute Gasteiger partial charge is 0.251 e. The number of amides is 1. The number of H-pyrrole nitrogens is 1. The lowest BCUT2D eigenvalue weighted by Gasteiger charge is -2.06. The summed E-state index contributed by atoms with van der Waals surface area (Å²) in [5.41, 5.74) is 2.25. The van der Waals surface area contributed by atoms with E-state index in [2.05, 4.69) is 10.3 Å². The lowest BCUT2D eigenvalue weighted by atomic mass is 10.1. The average Bonchev–Trinajstić information content (AvgIpc) is 2.60. The van der Waals surface area contributed by atoms with Crippen LogP contribution in [-0.4, -0.2) is 10.9 Å². The van der Waals surface area contributed by atoms with E-state index in [1.807, 2.05) is 36.4 Å². The minimum atomic E-state index is -0.197. The Kier molecular flexibility index (Phi) is 4.39. The van der Waals surface area contributed by atoms with Crippen LogP contribution in [-0.2, 0) is 11.2 Å². The van der Waals surface area contributed by atoms with Crippen molar-refractivity contribution >= 4 is 22.5 Å². The molecule has 0 unspecified atom stereocenters. The van der Waals surface area contributed by atoms with E-state index < -0.39 is 0 Å². The molecule has 118 valence electrons. The monoisotopic (exact) mass is 317 g/mol. The van der Waals surface area contributed by atoms with Crippen LogP contribution in [0, 0.1) is 11.3 Å². The molecule has 1 amide bonds. The largest absolute Gasteiger partial charge is 0.326 e. The Morgan fingerprint density at radius 3 is 2.79 bits per heavy atom. The van der Waals surface area contributed by atoms with Gasteiger partial charge in [0.2, 0.25) is 5.91 Å². The van der Waals surface area contributed by atoms with Gasteiger partial charge < -0.3 is 10.3 Å². The van der Waals surface area contributed by atoms with E-state index in [0.29, 0.717) is 23.2 Å². The number of fused-ring (bicyclic) bond motifs is 1. The molecule has 2 N–H and O–H groups in total. The fraction of sp³-hybridized carbons (Fsp3) is 0.105. The van der Waals surface area contributed by atoms with E-state index in [9.17, 15) is 9.59 Å². The number of carbonyl (C=O) groups is 1. The van der Waals surface area contributed by atoms with Crippen LogP contribution in [0.5, 0.6) is 0 Å². The van der Waals surface area contributed by atoms with Crippen molar-refractivity contribution in [3.05, 3.63) is 76.1 Å². The fourth-order valence-electron chi connectivity index (χ4n) is 2.52. The number of anilines is 1. The van der Waals surface area contributed by atoms with Crippen molar-refractivity contribution < 1.29 is 4.79 Å². The molecule has 3 aromatic rings. The molecule has 0 radical (unpaired) electrons. The second-order valence-corrected chi connectivity index (χ2v) is 5.45. The Hall–Kier alpha value is -3.39. The van der Waals surface area contributed by atoms with E-state index in [-0.39, 0.29) is 17.9 Å². The van der Waals surface area contributed by atoms with Crippen molar-refractivity contribution in [3.8, 4) is 6.07 Å². The molecule has 0 spiro atoms. The summed E-state index contributed by atoms with van der Waals surface area (Å²) in [6, 6.07) is 18.1. The topological polar surface area (TPSA) is 85.8 Å². The minimum Gasteiger partial charge on any atom is -0.326 e. The number of nitrogens with one attached hydrogen (secondary N) is 2. The molecule has 0 saturated carbocycles. The zero-order valence-corrected chi connectivity index (χ0v) is 12.9. The molecule has 0 aliphatic carbocycles. The van der Waals surface area contributed by atoms with Gasteiger partial charge in [-0.1, -0.05) is 24.3 Å². The highest BCUT2D eigenvalue weighted by Crippen LogP contribution is 2.13. The van der Waals surface area contributed by atoms with Gasteiger partial charge in [0.1, 0.15) is 0 Å².